The lowest BCUT2D eigenvalue weighted by molar-refractivity contribution is -0.123. The molecule has 0 aliphatic rings. The smallest absolute Gasteiger partial charge is 0.257 e. The minimum absolute atomic E-state index is 0.138. The molecule has 0 aliphatic carbocycles. The molecule has 1 N–H and O–H groups in total. The molecule has 6 heteroatoms. The van der Waals surface area contributed by atoms with E-state index in [2.05, 4.69) is 5.32 Å². The van der Waals surface area contributed by atoms with Gasteiger partial charge in [0.15, 0.2) is 6.61 Å². The molecule has 1 amide bonds. The maximum absolute atomic E-state index is 11.8. The Balaban J connectivity index is 1.76. The first kappa shape index (κ1) is 17.1. The van der Waals surface area contributed by atoms with Crippen molar-refractivity contribution >= 4 is 29.1 Å². The molecule has 0 saturated carbocycles. The molecule has 0 spiro atoms. The lowest BCUT2D eigenvalue weighted by Gasteiger charge is -2.09. The maximum Gasteiger partial charge on any atom is 0.257 e. The summed E-state index contributed by atoms with van der Waals surface area (Å²) in [6.07, 6.45) is 0.684. The minimum Gasteiger partial charge on any atom is -0.482 e. The summed E-state index contributed by atoms with van der Waals surface area (Å²) in [5, 5.41) is 12.5. The van der Waals surface area contributed by atoms with E-state index < -0.39 is 0 Å². The summed E-state index contributed by atoms with van der Waals surface area (Å²) in [7, 11) is 0. The lowest BCUT2D eigenvalue weighted by Crippen LogP contribution is -2.30. The molecule has 0 aliphatic heterocycles. The normalized spacial score (nSPS) is 9.96. The van der Waals surface area contributed by atoms with Gasteiger partial charge in [-0.25, -0.2) is 0 Å². The molecule has 4 nitrogen and oxygen atoms in total. The molecule has 0 atom stereocenters. The molecule has 0 heterocycles. The summed E-state index contributed by atoms with van der Waals surface area (Å²) < 4.78 is 5.35. The van der Waals surface area contributed by atoms with Gasteiger partial charge in [0.25, 0.3) is 5.91 Å². The minimum atomic E-state index is -0.243. The fraction of sp³-hybridized carbons (Fsp3) is 0.176. The van der Waals surface area contributed by atoms with Gasteiger partial charge in [-0.3, -0.25) is 4.79 Å². The maximum atomic E-state index is 11.8. The molecule has 2 aromatic carbocycles. The Morgan fingerprint density at radius 3 is 2.74 bits per heavy atom. The quantitative estimate of drug-likeness (QED) is 0.867. The van der Waals surface area contributed by atoms with E-state index in [0.29, 0.717) is 34.3 Å². The number of hydrogen-bond donors (Lipinski definition) is 1. The van der Waals surface area contributed by atoms with Crippen LogP contribution in [0.2, 0.25) is 10.0 Å². The van der Waals surface area contributed by atoms with Gasteiger partial charge < -0.3 is 10.1 Å². The third-order valence-corrected chi connectivity index (χ3v) is 3.58. The van der Waals surface area contributed by atoms with Gasteiger partial charge in [-0.1, -0.05) is 35.3 Å². The summed E-state index contributed by atoms with van der Waals surface area (Å²) in [6, 6.07) is 14.1. The van der Waals surface area contributed by atoms with Crippen LogP contribution in [0.1, 0.15) is 11.1 Å². The highest BCUT2D eigenvalue weighted by atomic mass is 35.5. The number of ether oxygens (including phenoxy) is 1. The number of nitrogens with zero attached hydrogens (tertiary/aromatic N) is 1. The second-order valence-electron chi connectivity index (χ2n) is 4.78. The van der Waals surface area contributed by atoms with E-state index in [0.717, 1.165) is 5.56 Å². The molecule has 0 radical (unpaired) electrons. The molecule has 0 bridgehead atoms. The standard InChI is InChI=1S/C17H14Cl2N2O2/c18-14-3-1-2-12(8-14)6-7-21-17(22)11-23-16-5-4-13(10-20)9-15(16)19/h1-5,8-9H,6-7,11H2,(H,21,22). The number of hydrogen-bond acceptors (Lipinski definition) is 3. The molecule has 2 aromatic rings. The number of nitrogens with one attached hydrogen (secondary N) is 1. The monoisotopic (exact) mass is 348 g/mol. The summed E-state index contributed by atoms with van der Waals surface area (Å²) in [4.78, 5) is 11.8. The third-order valence-electron chi connectivity index (χ3n) is 3.04. The molecular formula is C17H14Cl2N2O2. The van der Waals surface area contributed by atoms with E-state index in [1.54, 1.807) is 18.2 Å². The molecule has 23 heavy (non-hydrogen) atoms. The van der Waals surface area contributed by atoms with Crippen LogP contribution < -0.4 is 10.1 Å². The first-order valence-corrected chi connectivity index (χ1v) is 7.67. The van der Waals surface area contributed by atoms with Crippen molar-refractivity contribution in [2.24, 2.45) is 0 Å². The zero-order valence-electron chi connectivity index (χ0n) is 12.2. The largest absolute Gasteiger partial charge is 0.482 e. The van der Waals surface area contributed by atoms with Crippen LogP contribution in [-0.4, -0.2) is 19.1 Å². The predicted octanol–water partition coefficient (Wildman–Crippen LogP) is 3.60. The molecule has 0 fully saturated rings. The van der Waals surface area contributed by atoms with Crippen molar-refractivity contribution in [3.05, 3.63) is 63.6 Å². The average molecular weight is 349 g/mol. The second kappa shape index (κ2) is 8.42. The summed E-state index contributed by atoms with van der Waals surface area (Å²) in [5.41, 5.74) is 1.49. The van der Waals surface area contributed by atoms with Crippen LogP contribution in [0.3, 0.4) is 0 Å². The Morgan fingerprint density at radius 2 is 2.04 bits per heavy atom. The first-order chi connectivity index (χ1) is 11.1. The average Bonchev–Trinajstić information content (AvgIpc) is 2.53. The van der Waals surface area contributed by atoms with Gasteiger partial charge >= 0.3 is 0 Å². The summed E-state index contributed by atoms with van der Waals surface area (Å²) in [5.74, 6) is 0.128. The van der Waals surface area contributed by atoms with Gasteiger partial charge in [0, 0.05) is 11.6 Å². The van der Waals surface area contributed by atoms with Gasteiger partial charge in [-0.05, 0) is 42.3 Å². The lowest BCUT2D eigenvalue weighted by atomic mass is 10.1. The highest BCUT2D eigenvalue weighted by molar-refractivity contribution is 6.32. The molecular weight excluding hydrogens is 335 g/mol. The van der Waals surface area contributed by atoms with Crippen LogP contribution in [0.5, 0.6) is 5.75 Å². The molecule has 0 aromatic heterocycles. The van der Waals surface area contributed by atoms with Crippen LogP contribution >= 0.6 is 23.2 Å². The number of amides is 1. The molecule has 118 valence electrons. The predicted molar refractivity (Wildman–Crippen MR) is 89.8 cm³/mol. The Bertz CT molecular complexity index is 742. The number of carbonyl (C=O) groups excluding carboxylic acids is 1. The molecule has 2 rings (SSSR count). The number of benzene rings is 2. The van der Waals surface area contributed by atoms with Crippen LogP contribution in [-0.2, 0) is 11.2 Å². The van der Waals surface area contributed by atoms with Gasteiger partial charge in [0.2, 0.25) is 0 Å². The van der Waals surface area contributed by atoms with Crippen molar-refractivity contribution in [1.29, 1.82) is 5.26 Å². The van der Waals surface area contributed by atoms with Crippen LogP contribution in [0.15, 0.2) is 42.5 Å². The van der Waals surface area contributed by atoms with Gasteiger partial charge in [0.05, 0.1) is 16.7 Å². The van der Waals surface area contributed by atoms with E-state index in [-0.39, 0.29) is 12.5 Å². The topological polar surface area (TPSA) is 62.1 Å². The van der Waals surface area contributed by atoms with Crippen molar-refractivity contribution in [1.82, 2.24) is 5.32 Å². The number of carbonyl (C=O) groups is 1. The van der Waals surface area contributed by atoms with Gasteiger partial charge in [0.1, 0.15) is 5.75 Å². The van der Waals surface area contributed by atoms with E-state index in [1.165, 1.54) is 6.07 Å². The first-order valence-electron chi connectivity index (χ1n) is 6.92. The Morgan fingerprint density at radius 1 is 1.22 bits per heavy atom. The van der Waals surface area contributed by atoms with E-state index >= 15 is 0 Å². The Kier molecular flexibility index (Phi) is 6.28. The molecule has 0 saturated heterocycles. The Labute approximate surface area is 144 Å². The van der Waals surface area contributed by atoms with E-state index in [1.807, 2.05) is 24.3 Å². The Hall–Kier alpha value is -2.22. The third kappa shape index (κ3) is 5.48. The van der Waals surface area contributed by atoms with Crippen molar-refractivity contribution in [2.75, 3.05) is 13.2 Å². The van der Waals surface area contributed by atoms with Crippen LogP contribution in [0.25, 0.3) is 0 Å². The highest BCUT2D eigenvalue weighted by Crippen LogP contribution is 2.25. The van der Waals surface area contributed by atoms with Crippen molar-refractivity contribution in [3.8, 4) is 11.8 Å². The second-order valence-corrected chi connectivity index (χ2v) is 5.62. The van der Waals surface area contributed by atoms with Crippen LogP contribution in [0, 0.1) is 11.3 Å². The van der Waals surface area contributed by atoms with Crippen molar-refractivity contribution in [2.45, 2.75) is 6.42 Å². The van der Waals surface area contributed by atoms with Crippen molar-refractivity contribution < 1.29 is 9.53 Å². The fourth-order valence-corrected chi connectivity index (χ4v) is 2.37. The number of rotatable bonds is 6. The van der Waals surface area contributed by atoms with Crippen LogP contribution in [0.4, 0.5) is 0 Å². The zero-order valence-corrected chi connectivity index (χ0v) is 13.7. The highest BCUT2D eigenvalue weighted by Gasteiger charge is 2.06. The summed E-state index contributed by atoms with van der Waals surface area (Å²) >= 11 is 11.9. The van der Waals surface area contributed by atoms with Gasteiger partial charge in [-0.15, -0.1) is 0 Å². The van der Waals surface area contributed by atoms with E-state index in [4.69, 9.17) is 33.2 Å². The van der Waals surface area contributed by atoms with Gasteiger partial charge in [-0.2, -0.15) is 5.26 Å². The fourth-order valence-electron chi connectivity index (χ4n) is 1.92. The summed E-state index contributed by atoms with van der Waals surface area (Å²) in [6.45, 7) is 0.352. The molecule has 0 unspecified atom stereocenters. The van der Waals surface area contributed by atoms with Crippen molar-refractivity contribution in [3.63, 3.8) is 0 Å². The SMILES string of the molecule is N#Cc1ccc(OCC(=O)NCCc2cccc(Cl)c2)c(Cl)c1. The number of halogens is 2. The zero-order chi connectivity index (χ0) is 16.7. The number of nitriles is 1. The van der Waals surface area contributed by atoms with E-state index in [9.17, 15) is 4.79 Å².